The molecule has 1 fully saturated rings. The molecule has 6 rings (SSSR count). The van der Waals surface area contributed by atoms with Crippen LogP contribution in [0.1, 0.15) is 41.0 Å². The molecular formula is C31H28ClFN4O2S. The molecule has 0 saturated heterocycles. The summed E-state index contributed by atoms with van der Waals surface area (Å²) in [5, 5.41) is 5.10. The van der Waals surface area contributed by atoms with Crippen LogP contribution in [-0.4, -0.2) is 48.0 Å². The molecule has 0 aliphatic heterocycles. The van der Waals surface area contributed by atoms with Gasteiger partial charge in [0.1, 0.15) is 11.5 Å². The number of pyridine rings is 1. The number of allylic oxidation sites excluding steroid dienone is 1. The molecule has 0 spiro atoms. The van der Waals surface area contributed by atoms with E-state index in [1.54, 1.807) is 65.6 Å². The van der Waals surface area contributed by atoms with E-state index in [2.05, 4.69) is 22.0 Å². The zero-order valence-corrected chi connectivity index (χ0v) is 23.5. The van der Waals surface area contributed by atoms with E-state index in [9.17, 15) is 13.4 Å². The van der Waals surface area contributed by atoms with Gasteiger partial charge in [-0.3, -0.25) is 9.78 Å². The summed E-state index contributed by atoms with van der Waals surface area (Å²) < 4.78 is 31.2. The molecule has 2 heterocycles. The third kappa shape index (κ3) is 4.50. The lowest BCUT2D eigenvalue weighted by Crippen LogP contribution is -2.49. The Bertz CT molecular complexity index is 1730. The van der Waals surface area contributed by atoms with E-state index in [0.717, 1.165) is 22.5 Å². The smallest absolute Gasteiger partial charge is 0.191 e. The van der Waals surface area contributed by atoms with Crippen molar-refractivity contribution in [3.05, 3.63) is 112 Å². The average Bonchev–Trinajstić information content (AvgIpc) is 3.37. The van der Waals surface area contributed by atoms with Crippen LogP contribution in [0.5, 0.6) is 0 Å². The molecule has 2 aromatic carbocycles. The Kier molecular flexibility index (Phi) is 6.73. The monoisotopic (exact) mass is 574 g/mol. The zero-order valence-electron chi connectivity index (χ0n) is 22.0. The standard InChI is InChI=1S/C31H28ClFN4O2S/c1-36(40(2,39)27-7-5-6-23(32)17-27)26-12-9-22-16-29-21(20-35-37(29)25-13-10-24(33)11-14-25)18-31(22,19-26)30(38)28-8-3-4-15-34-28/h3-8,10-11,13-17,20,26H,2,9,12,18-19H2,1H3/t26-,31-,40?/m0/s1. The van der Waals surface area contributed by atoms with Crippen LogP contribution in [-0.2, 0) is 16.1 Å². The van der Waals surface area contributed by atoms with E-state index in [0.29, 0.717) is 41.3 Å². The van der Waals surface area contributed by atoms with Crippen molar-refractivity contribution in [1.82, 2.24) is 19.1 Å². The Labute approximate surface area is 238 Å². The van der Waals surface area contributed by atoms with Crippen molar-refractivity contribution in [2.45, 2.75) is 36.6 Å². The number of nitrogens with zero attached hydrogens (tertiary/aromatic N) is 4. The highest BCUT2D eigenvalue weighted by Gasteiger charge is 2.50. The van der Waals surface area contributed by atoms with Gasteiger partial charge in [-0.2, -0.15) is 5.10 Å². The Hall–Kier alpha value is -3.59. The van der Waals surface area contributed by atoms with Gasteiger partial charge >= 0.3 is 0 Å². The first-order chi connectivity index (χ1) is 19.2. The molecule has 0 amide bonds. The summed E-state index contributed by atoms with van der Waals surface area (Å²) in [6.07, 6.45) is 7.69. The van der Waals surface area contributed by atoms with Crippen molar-refractivity contribution >= 4 is 39.0 Å². The van der Waals surface area contributed by atoms with Crippen molar-refractivity contribution in [2.24, 2.45) is 5.41 Å². The van der Waals surface area contributed by atoms with Crippen LogP contribution in [0.15, 0.2) is 89.6 Å². The number of benzene rings is 2. The van der Waals surface area contributed by atoms with E-state index in [4.69, 9.17) is 11.6 Å². The van der Waals surface area contributed by atoms with Gasteiger partial charge in [0.05, 0.1) is 32.7 Å². The second-order valence-electron chi connectivity index (χ2n) is 10.5. The number of carbonyl (C=O) groups is 1. The molecule has 1 saturated carbocycles. The van der Waals surface area contributed by atoms with E-state index in [1.807, 2.05) is 17.4 Å². The van der Waals surface area contributed by atoms with E-state index in [-0.39, 0.29) is 17.6 Å². The molecule has 6 nitrogen and oxygen atoms in total. The summed E-state index contributed by atoms with van der Waals surface area (Å²) in [5.41, 5.74) is 3.08. The highest BCUT2D eigenvalue weighted by molar-refractivity contribution is 7.98. The summed E-state index contributed by atoms with van der Waals surface area (Å²) in [4.78, 5) is 19.3. The van der Waals surface area contributed by atoms with Crippen molar-refractivity contribution in [1.29, 1.82) is 0 Å². The fourth-order valence-electron chi connectivity index (χ4n) is 6.00. The molecule has 1 unspecified atom stereocenters. The summed E-state index contributed by atoms with van der Waals surface area (Å²) in [7, 11) is -1.04. The lowest BCUT2D eigenvalue weighted by atomic mass is 9.60. The summed E-state index contributed by atoms with van der Waals surface area (Å²) >= 11 is 6.21. The van der Waals surface area contributed by atoms with Gasteiger partial charge in [-0.05, 0) is 105 Å². The van der Waals surface area contributed by atoms with Gasteiger partial charge in [0.25, 0.3) is 0 Å². The lowest BCUT2D eigenvalue weighted by Gasteiger charge is -2.46. The Balaban J connectivity index is 1.41. The van der Waals surface area contributed by atoms with E-state index >= 15 is 0 Å². The number of hydrogen-bond acceptors (Lipinski definition) is 4. The van der Waals surface area contributed by atoms with Crippen molar-refractivity contribution in [3.63, 3.8) is 0 Å². The highest BCUT2D eigenvalue weighted by atomic mass is 35.5. The minimum Gasteiger partial charge on any atom is -0.291 e. The molecule has 2 aromatic heterocycles. The minimum absolute atomic E-state index is 0.0593. The number of Topliss-reactive ketones (excluding diaryl/α,β-unsaturated/α-hetero) is 1. The van der Waals surface area contributed by atoms with E-state index < -0.39 is 15.1 Å². The number of rotatable bonds is 6. The van der Waals surface area contributed by atoms with Crippen molar-refractivity contribution in [2.75, 3.05) is 7.05 Å². The van der Waals surface area contributed by atoms with Crippen LogP contribution >= 0.6 is 11.6 Å². The zero-order chi connectivity index (χ0) is 28.1. The molecule has 0 radical (unpaired) electrons. The number of fused-ring (bicyclic) bond motifs is 2. The fraction of sp³-hybridized carbons (Fsp3) is 0.226. The summed E-state index contributed by atoms with van der Waals surface area (Å²) in [6.45, 7) is 0. The maximum atomic E-state index is 14.3. The van der Waals surface area contributed by atoms with Crippen LogP contribution in [0.25, 0.3) is 11.8 Å². The summed E-state index contributed by atoms with van der Waals surface area (Å²) in [5.74, 6) is 3.73. The van der Waals surface area contributed by atoms with E-state index in [1.165, 1.54) is 12.1 Å². The van der Waals surface area contributed by atoms with Gasteiger partial charge in [-0.1, -0.05) is 29.3 Å². The fourth-order valence-corrected chi connectivity index (χ4v) is 7.85. The molecule has 2 aliphatic carbocycles. The van der Waals surface area contributed by atoms with Gasteiger partial charge in [-0.25, -0.2) is 17.6 Å². The summed E-state index contributed by atoms with van der Waals surface area (Å²) in [6, 6.07) is 18.3. The van der Waals surface area contributed by atoms with Crippen molar-refractivity contribution < 1.29 is 13.4 Å². The SMILES string of the molecule is C=S(=O)(c1cccc(Cl)c1)N(C)[C@H]1CCC2=Cc3c(cnn3-c3ccc(F)cc3)C[C@]2(C(=O)c2ccccn2)C1. The Morgan fingerprint density at radius 2 is 1.98 bits per heavy atom. The predicted molar refractivity (Wildman–Crippen MR) is 157 cm³/mol. The molecule has 40 heavy (non-hydrogen) atoms. The largest absolute Gasteiger partial charge is 0.291 e. The van der Waals surface area contributed by atoms with Crippen LogP contribution in [0.4, 0.5) is 4.39 Å². The first-order valence-corrected chi connectivity index (χ1v) is 15.1. The molecule has 0 bridgehead atoms. The minimum atomic E-state index is -2.86. The number of hydrogen-bond donors (Lipinski definition) is 0. The first-order valence-electron chi connectivity index (χ1n) is 13.0. The molecule has 3 atom stereocenters. The molecule has 0 N–H and O–H groups in total. The number of aromatic nitrogens is 3. The van der Waals surface area contributed by atoms with Gasteiger partial charge in [0.2, 0.25) is 0 Å². The van der Waals surface area contributed by atoms with Crippen LogP contribution in [0.3, 0.4) is 0 Å². The van der Waals surface area contributed by atoms with Crippen LogP contribution < -0.4 is 0 Å². The quantitative estimate of drug-likeness (QED) is 0.208. The second-order valence-corrected chi connectivity index (χ2v) is 13.2. The maximum Gasteiger partial charge on any atom is 0.191 e. The topological polar surface area (TPSA) is 68.1 Å². The molecule has 9 heteroatoms. The highest BCUT2D eigenvalue weighted by Crippen LogP contribution is 2.51. The van der Waals surface area contributed by atoms with Crippen LogP contribution in [0, 0.1) is 11.2 Å². The molecule has 2 aliphatic rings. The number of ketones is 1. The predicted octanol–water partition coefficient (Wildman–Crippen LogP) is 6.04. The lowest BCUT2D eigenvalue weighted by molar-refractivity contribution is 0.0749. The first kappa shape index (κ1) is 26.6. The van der Waals surface area contributed by atoms with Gasteiger partial charge in [0, 0.05) is 22.2 Å². The third-order valence-electron chi connectivity index (χ3n) is 8.18. The normalized spacial score (nSPS) is 21.7. The van der Waals surface area contributed by atoms with Gasteiger partial charge in [0.15, 0.2) is 5.78 Å². The van der Waals surface area contributed by atoms with Gasteiger partial charge < -0.3 is 0 Å². The average molecular weight is 575 g/mol. The molecular weight excluding hydrogens is 547 g/mol. The Morgan fingerprint density at radius 3 is 2.70 bits per heavy atom. The van der Waals surface area contributed by atoms with Crippen LogP contribution in [0.2, 0.25) is 5.02 Å². The maximum absolute atomic E-state index is 14.3. The number of halogens is 2. The number of carbonyl (C=O) groups excluding carboxylic acids is 1. The van der Waals surface area contributed by atoms with Crippen molar-refractivity contribution in [3.8, 4) is 5.69 Å². The third-order valence-corrected chi connectivity index (χ3v) is 10.6. The second kappa shape index (κ2) is 10.1. The molecule has 204 valence electrons. The Morgan fingerprint density at radius 1 is 1.18 bits per heavy atom. The van der Waals surface area contributed by atoms with Gasteiger partial charge in [-0.15, -0.1) is 0 Å². The molecule has 4 aromatic rings.